The molecule has 1 nitrogen and oxygen atoms in total. The molecular weight excluding hydrogens is 106 g/mol. The quantitative estimate of drug-likeness (QED) is 0.493. The van der Waals surface area contributed by atoms with Crippen LogP contribution in [0.4, 0.5) is 0 Å². The van der Waals surface area contributed by atoms with E-state index in [1.807, 2.05) is 6.07 Å². The molecule has 0 saturated carbocycles. The zero-order chi connectivity index (χ0) is 5.11. The van der Waals surface area contributed by atoms with Crippen LogP contribution in [0.25, 0.3) is 0 Å². The van der Waals surface area contributed by atoms with Gasteiger partial charge in [0.2, 0.25) is 0 Å². The van der Waals surface area contributed by atoms with Crippen molar-refractivity contribution in [1.29, 1.82) is 5.26 Å². The summed E-state index contributed by atoms with van der Waals surface area (Å²) >= 11 is 1.49. The van der Waals surface area contributed by atoms with E-state index in [-0.39, 0.29) is 0 Å². The molecule has 0 fully saturated rings. The molecule has 1 aromatic rings. The number of rotatable bonds is 0. The lowest BCUT2D eigenvalue weighted by atomic mass is 10.4. The van der Waals surface area contributed by atoms with Gasteiger partial charge in [0.05, 0.1) is 5.56 Å². The molecule has 1 rings (SSSR count). The van der Waals surface area contributed by atoms with Crippen molar-refractivity contribution in [3.63, 3.8) is 0 Å². The first-order valence-corrected chi connectivity index (χ1v) is 2.72. The molecule has 0 bridgehead atoms. The van der Waals surface area contributed by atoms with Crippen molar-refractivity contribution in [3.05, 3.63) is 22.4 Å². The standard InChI is InChI=1S/C5H2NS/c6-3-5-1-2-7-4-5/h2,4H. The minimum absolute atomic E-state index is 0.630. The maximum atomic E-state index is 8.15. The van der Waals surface area contributed by atoms with Crippen molar-refractivity contribution < 1.29 is 0 Å². The number of hydrogen-bond acceptors (Lipinski definition) is 2. The third kappa shape index (κ3) is 0.787. The fourth-order valence-electron chi connectivity index (χ4n) is 0.292. The first-order chi connectivity index (χ1) is 3.43. The van der Waals surface area contributed by atoms with Gasteiger partial charge < -0.3 is 0 Å². The third-order valence-electron chi connectivity index (χ3n) is 0.589. The van der Waals surface area contributed by atoms with Crippen molar-refractivity contribution in [2.45, 2.75) is 0 Å². The number of nitriles is 1. The molecule has 0 aliphatic heterocycles. The van der Waals surface area contributed by atoms with Crippen LogP contribution in [0.1, 0.15) is 5.56 Å². The van der Waals surface area contributed by atoms with Gasteiger partial charge in [0.25, 0.3) is 0 Å². The average molecular weight is 108 g/mol. The van der Waals surface area contributed by atoms with Gasteiger partial charge in [-0.25, -0.2) is 0 Å². The van der Waals surface area contributed by atoms with Crippen molar-refractivity contribution in [3.8, 4) is 6.07 Å². The lowest BCUT2D eigenvalue weighted by molar-refractivity contribution is 1.51. The van der Waals surface area contributed by atoms with E-state index in [0.717, 1.165) is 0 Å². The first-order valence-electron chi connectivity index (χ1n) is 1.77. The van der Waals surface area contributed by atoms with Gasteiger partial charge in [-0.15, -0.1) is 0 Å². The molecular formula is C5H2NS. The van der Waals surface area contributed by atoms with Crippen molar-refractivity contribution in [2.24, 2.45) is 0 Å². The highest BCUT2D eigenvalue weighted by atomic mass is 32.1. The van der Waals surface area contributed by atoms with E-state index in [4.69, 9.17) is 5.26 Å². The second-order valence-corrected chi connectivity index (χ2v) is 1.79. The summed E-state index contributed by atoms with van der Waals surface area (Å²) in [5, 5.41) is 11.7. The van der Waals surface area contributed by atoms with Crippen molar-refractivity contribution >= 4 is 11.3 Å². The molecule has 1 aromatic heterocycles. The summed E-state index contributed by atoms with van der Waals surface area (Å²) in [6, 6.07) is 4.71. The van der Waals surface area contributed by atoms with E-state index in [1.165, 1.54) is 11.3 Å². The Morgan fingerprint density at radius 3 is 3.00 bits per heavy atom. The highest BCUT2D eigenvalue weighted by Crippen LogP contribution is 2.01. The Balaban J connectivity index is 3.04. The molecule has 0 aromatic carbocycles. The van der Waals surface area contributed by atoms with Crippen LogP contribution in [-0.4, -0.2) is 0 Å². The largest absolute Gasteiger partial charge is 0.192 e. The van der Waals surface area contributed by atoms with Gasteiger partial charge in [0, 0.05) is 11.4 Å². The predicted octanol–water partition coefficient (Wildman–Crippen LogP) is 1.42. The highest BCUT2D eigenvalue weighted by molar-refractivity contribution is 7.07. The SMILES string of the molecule is N#Cc1[c]csc1. The van der Waals surface area contributed by atoms with Crippen LogP contribution < -0.4 is 0 Å². The van der Waals surface area contributed by atoms with Crippen LogP contribution in [0.2, 0.25) is 0 Å². The van der Waals surface area contributed by atoms with Crippen LogP contribution in [0.15, 0.2) is 10.8 Å². The average Bonchev–Trinajstić information content (AvgIpc) is 2.14. The Labute approximate surface area is 45.8 Å². The topological polar surface area (TPSA) is 23.8 Å². The molecule has 0 unspecified atom stereocenters. The van der Waals surface area contributed by atoms with E-state index in [2.05, 4.69) is 6.07 Å². The summed E-state index contributed by atoms with van der Waals surface area (Å²) in [7, 11) is 0. The molecule has 0 aliphatic rings. The Bertz CT molecular complexity index is 170. The van der Waals surface area contributed by atoms with Gasteiger partial charge in [-0.3, -0.25) is 0 Å². The van der Waals surface area contributed by atoms with Crippen LogP contribution in [-0.2, 0) is 0 Å². The molecule has 7 heavy (non-hydrogen) atoms. The summed E-state index contributed by atoms with van der Waals surface area (Å²) < 4.78 is 0. The summed E-state index contributed by atoms with van der Waals surface area (Å²) in [5.41, 5.74) is 0.630. The lowest BCUT2D eigenvalue weighted by Crippen LogP contribution is -1.55. The fourth-order valence-corrected chi connectivity index (χ4v) is 0.812. The Morgan fingerprint density at radius 1 is 1.86 bits per heavy atom. The van der Waals surface area contributed by atoms with Gasteiger partial charge in [0.1, 0.15) is 6.07 Å². The molecule has 0 N–H and O–H groups in total. The van der Waals surface area contributed by atoms with E-state index >= 15 is 0 Å². The number of hydrogen-bond donors (Lipinski definition) is 0. The normalized spacial score (nSPS) is 7.86. The minimum Gasteiger partial charge on any atom is -0.192 e. The van der Waals surface area contributed by atoms with Crippen LogP contribution in [0.5, 0.6) is 0 Å². The van der Waals surface area contributed by atoms with Gasteiger partial charge in [-0.1, -0.05) is 0 Å². The monoisotopic (exact) mass is 108 g/mol. The van der Waals surface area contributed by atoms with Gasteiger partial charge >= 0.3 is 0 Å². The second kappa shape index (κ2) is 1.76. The number of nitrogens with zero attached hydrogens (tertiary/aromatic N) is 1. The molecule has 0 aliphatic carbocycles. The molecule has 1 radical (unpaired) electrons. The summed E-state index contributed by atoms with van der Waals surface area (Å²) in [4.78, 5) is 0. The third-order valence-corrected chi connectivity index (χ3v) is 1.21. The Kier molecular flexibility index (Phi) is 1.10. The smallest absolute Gasteiger partial charge is 0.101 e. The molecule has 0 amide bonds. The molecule has 0 atom stereocenters. The minimum atomic E-state index is 0.630. The summed E-state index contributed by atoms with van der Waals surface area (Å²) in [5.74, 6) is 0. The molecule has 33 valence electrons. The van der Waals surface area contributed by atoms with Crippen LogP contribution in [0, 0.1) is 17.4 Å². The number of thiophene rings is 1. The summed E-state index contributed by atoms with van der Waals surface area (Å²) in [6.07, 6.45) is 0. The zero-order valence-corrected chi connectivity index (χ0v) is 4.33. The maximum Gasteiger partial charge on any atom is 0.101 e. The van der Waals surface area contributed by atoms with Gasteiger partial charge in [-0.05, 0) is 5.38 Å². The molecule has 0 spiro atoms. The Hall–Kier alpha value is -0.810. The van der Waals surface area contributed by atoms with Crippen LogP contribution in [0.3, 0.4) is 0 Å². The van der Waals surface area contributed by atoms with E-state index in [0.29, 0.717) is 5.56 Å². The van der Waals surface area contributed by atoms with E-state index < -0.39 is 0 Å². The van der Waals surface area contributed by atoms with Crippen molar-refractivity contribution in [1.82, 2.24) is 0 Å². The van der Waals surface area contributed by atoms with Gasteiger partial charge in [-0.2, -0.15) is 16.6 Å². The van der Waals surface area contributed by atoms with E-state index in [1.54, 1.807) is 10.8 Å². The second-order valence-electron chi connectivity index (χ2n) is 1.04. The van der Waals surface area contributed by atoms with Gasteiger partial charge in [0.15, 0.2) is 0 Å². The molecule has 0 saturated heterocycles. The van der Waals surface area contributed by atoms with Crippen molar-refractivity contribution in [2.75, 3.05) is 0 Å². The summed E-state index contributed by atoms with van der Waals surface area (Å²) in [6.45, 7) is 0. The first kappa shape index (κ1) is 4.35. The fraction of sp³-hybridized carbons (Fsp3) is 0. The molecule has 2 heteroatoms. The lowest BCUT2D eigenvalue weighted by Gasteiger charge is -1.61. The van der Waals surface area contributed by atoms with E-state index in [9.17, 15) is 0 Å². The molecule has 1 heterocycles. The van der Waals surface area contributed by atoms with Crippen LogP contribution >= 0.6 is 11.3 Å². The predicted molar refractivity (Wildman–Crippen MR) is 27.9 cm³/mol. The maximum absolute atomic E-state index is 8.15. The Morgan fingerprint density at radius 2 is 2.71 bits per heavy atom. The zero-order valence-electron chi connectivity index (χ0n) is 3.51. The highest BCUT2D eigenvalue weighted by Gasteiger charge is 1.83.